The minimum atomic E-state index is -3.47. The lowest BCUT2D eigenvalue weighted by molar-refractivity contribution is 0.477. The Labute approximate surface area is 196 Å². The number of hydrogen-bond donors (Lipinski definition) is 2. The molecule has 2 aromatic carbocycles. The molecule has 1 fully saturated rings. The van der Waals surface area contributed by atoms with Gasteiger partial charge < -0.3 is 21.3 Å². The molecule has 11 heteroatoms. The fourth-order valence-electron chi connectivity index (χ4n) is 4.16. The molecule has 3 heterocycles. The Morgan fingerprint density at radius 3 is 2.41 bits per heavy atom. The van der Waals surface area contributed by atoms with Crippen LogP contribution < -0.4 is 21.3 Å². The largest absolute Gasteiger partial charge is 0.313 e. The smallest absolute Gasteiger partial charge is 0.243 e. The lowest BCUT2D eigenvalue weighted by Crippen LogP contribution is -2.50. The maximum absolute atomic E-state index is 12.8. The van der Waals surface area contributed by atoms with Crippen LogP contribution in [0.3, 0.4) is 0 Å². The molecule has 2 atom stereocenters. The van der Waals surface area contributed by atoms with E-state index in [4.69, 9.17) is 23.1 Å². The van der Waals surface area contributed by atoms with Crippen LogP contribution in [-0.4, -0.2) is 43.8 Å². The van der Waals surface area contributed by atoms with E-state index in [1.54, 1.807) is 35.5 Å². The number of halogens is 1. The van der Waals surface area contributed by atoms with Crippen LogP contribution in [-0.2, 0) is 10.0 Å². The van der Waals surface area contributed by atoms with Crippen molar-refractivity contribution in [2.75, 3.05) is 22.9 Å². The Morgan fingerprint density at radius 2 is 1.72 bits per heavy atom. The molecule has 0 amide bonds. The summed E-state index contributed by atoms with van der Waals surface area (Å²) in [6, 6.07) is 14.2. The number of para-hydroxylation sites is 1. The molecule has 3 aliphatic rings. The van der Waals surface area contributed by atoms with Crippen LogP contribution in [0.15, 0.2) is 69.1 Å². The van der Waals surface area contributed by atoms with E-state index in [0.717, 1.165) is 34.9 Å². The zero-order valence-corrected chi connectivity index (χ0v) is 19.5. The summed E-state index contributed by atoms with van der Waals surface area (Å²) in [7, 11) is -3.47. The van der Waals surface area contributed by atoms with E-state index < -0.39 is 21.7 Å². The van der Waals surface area contributed by atoms with Gasteiger partial charge in [0.1, 0.15) is 16.7 Å². The van der Waals surface area contributed by atoms with E-state index in [9.17, 15) is 8.42 Å². The molecule has 0 radical (unpaired) electrons. The highest BCUT2D eigenvalue weighted by Crippen LogP contribution is 2.45. The minimum Gasteiger partial charge on any atom is -0.313 e. The second-order valence-electron chi connectivity index (χ2n) is 7.72. The van der Waals surface area contributed by atoms with Crippen LogP contribution in [0.4, 0.5) is 11.4 Å². The van der Waals surface area contributed by atoms with Gasteiger partial charge in [0.25, 0.3) is 0 Å². The van der Waals surface area contributed by atoms with Gasteiger partial charge in [0.2, 0.25) is 10.0 Å². The summed E-state index contributed by atoms with van der Waals surface area (Å²) in [6.45, 7) is 1.14. The third kappa shape index (κ3) is 3.60. The van der Waals surface area contributed by atoms with Gasteiger partial charge in [-0.15, -0.1) is 0 Å². The van der Waals surface area contributed by atoms with Crippen molar-refractivity contribution in [3.63, 3.8) is 0 Å². The Kier molecular flexibility index (Phi) is 5.68. The summed E-state index contributed by atoms with van der Waals surface area (Å²) in [5, 5.41) is 1.32. The van der Waals surface area contributed by atoms with E-state index in [2.05, 4.69) is 4.99 Å². The molecule has 8 nitrogen and oxygen atoms in total. The number of nitrogens with zero attached hydrogens (tertiary/aromatic N) is 4. The number of anilines is 2. The van der Waals surface area contributed by atoms with Crippen molar-refractivity contribution in [2.45, 2.75) is 29.4 Å². The topological polar surface area (TPSA) is 108 Å². The molecule has 2 aromatic rings. The molecule has 0 aliphatic carbocycles. The Morgan fingerprint density at radius 1 is 1.03 bits per heavy atom. The number of aliphatic imine (C=N–C) groups is 1. The van der Waals surface area contributed by atoms with Gasteiger partial charge in [-0.25, -0.2) is 13.4 Å². The van der Waals surface area contributed by atoms with Crippen LogP contribution in [0, 0.1) is 0 Å². The second-order valence-corrected chi connectivity index (χ2v) is 11.2. The Balaban J connectivity index is 1.43. The normalized spacial score (nSPS) is 23.8. The van der Waals surface area contributed by atoms with Gasteiger partial charge >= 0.3 is 0 Å². The molecule has 1 saturated heterocycles. The summed E-state index contributed by atoms with van der Waals surface area (Å²) >= 11 is 7.85. The maximum Gasteiger partial charge on any atom is 0.243 e. The third-order valence-electron chi connectivity index (χ3n) is 5.79. The zero-order valence-electron chi connectivity index (χ0n) is 17.1. The third-order valence-corrected chi connectivity index (χ3v) is 9.02. The van der Waals surface area contributed by atoms with Crippen molar-refractivity contribution in [3.05, 3.63) is 64.3 Å². The summed E-state index contributed by atoms with van der Waals surface area (Å²) in [5.41, 5.74) is 14.9. The molecule has 0 saturated carbocycles. The summed E-state index contributed by atoms with van der Waals surface area (Å²) in [4.78, 5) is 8.55. The first kappa shape index (κ1) is 21.7. The minimum absolute atomic E-state index is 0.279. The first-order valence-corrected chi connectivity index (χ1v) is 13.0. The Bertz CT molecular complexity index is 1200. The predicted molar refractivity (Wildman–Crippen MR) is 130 cm³/mol. The van der Waals surface area contributed by atoms with Crippen molar-refractivity contribution in [2.24, 2.45) is 16.5 Å². The SMILES string of the molecule is NC1C2=C(N=CN1c1ccc(S(=O)(=O)N3CCCC3)cc1)SC(N)N2c1ccccc1Cl. The lowest BCUT2D eigenvalue weighted by Gasteiger charge is -2.36. The number of hydrogen-bond acceptors (Lipinski definition) is 8. The fourth-order valence-corrected chi connectivity index (χ4v) is 6.91. The van der Waals surface area contributed by atoms with Crippen molar-refractivity contribution >= 4 is 51.1 Å². The quantitative estimate of drug-likeness (QED) is 0.678. The predicted octanol–water partition coefficient (Wildman–Crippen LogP) is 2.92. The molecule has 0 bridgehead atoms. The molecule has 4 N–H and O–H groups in total. The monoisotopic (exact) mass is 490 g/mol. The van der Waals surface area contributed by atoms with Gasteiger partial charge in [-0.3, -0.25) is 0 Å². The average Bonchev–Trinajstić information content (AvgIpc) is 3.43. The molecular weight excluding hydrogens is 468 g/mol. The average molecular weight is 491 g/mol. The number of nitrogens with two attached hydrogens (primary N) is 2. The molecule has 32 heavy (non-hydrogen) atoms. The molecular formula is C21H23ClN6O2S2. The maximum atomic E-state index is 12.8. The second kappa shape index (κ2) is 8.36. The lowest BCUT2D eigenvalue weighted by atomic mass is 10.2. The van der Waals surface area contributed by atoms with Crippen molar-refractivity contribution < 1.29 is 8.42 Å². The highest BCUT2D eigenvalue weighted by atomic mass is 35.5. The fraction of sp³-hybridized carbons (Fsp3) is 0.286. The van der Waals surface area contributed by atoms with E-state index in [-0.39, 0.29) is 4.90 Å². The van der Waals surface area contributed by atoms with Gasteiger partial charge in [0, 0.05) is 18.8 Å². The molecule has 2 unspecified atom stereocenters. The first-order chi connectivity index (χ1) is 15.4. The number of sulfonamides is 1. The van der Waals surface area contributed by atoms with E-state index in [0.29, 0.717) is 18.1 Å². The van der Waals surface area contributed by atoms with E-state index in [1.807, 2.05) is 29.2 Å². The van der Waals surface area contributed by atoms with Crippen LogP contribution >= 0.6 is 23.4 Å². The van der Waals surface area contributed by atoms with Crippen LogP contribution in [0.1, 0.15) is 12.8 Å². The van der Waals surface area contributed by atoms with Gasteiger partial charge in [-0.1, -0.05) is 35.5 Å². The standard InChI is InChI=1S/C21H23ClN6O2S2/c22-16-5-1-2-6-17(16)28-18-19(23)27(13-25-20(18)31-21(28)24)14-7-9-15(10-8-14)32(29,30)26-11-3-4-12-26/h1-2,5-10,13,19,21H,3-4,11-12,23-24H2. The first-order valence-electron chi connectivity index (χ1n) is 10.3. The van der Waals surface area contributed by atoms with Crippen LogP contribution in [0.2, 0.25) is 5.02 Å². The molecule has 5 rings (SSSR count). The summed E-state index contributed by atoms with van der Waals surface area (Å²) in [5.74, 6) is 0. The molecule has 168 valence electrons. The van der Waals surface area contributed by atoms with E-state index >= 15 is 0 Å². The van der Waals surface area contributed by atoms with Crippen molar-refractivity contribution in [1.29, 1.82) is 0 Å². The van der Waals surface area contributed by atoms with Crippen molar-refractivity contribution in [1.82, 2.24) is 4.31 Å². The Hall–Kier alpha value is -2.08. The highest BCUT2D eigenvalue weighted by molar-refractivity contribution is 8.04. The number of thioether (sulfide) groups is 1. The molecule has 0 spiro atoms. The van der Waals surface area contributed by atoms with Gasteiger partial charge in [-0.2, -0.15) is 4.31 Å². The molecule has 0 aromatic heterocycles. The van der Waals surface area contributed by atoms with E-state index in [1.165, 1.54) is 16.1 Å². The van der Waals surface area contributed by atoms with Crippen LogP contribution in [0.25, 0.3) is 0 Å². The summed E-state index contributed by atoms with van der Waals surface area (Å²) < 4.78 is 27.2. The van der Waals surface area contributed by atoms with Gasteiger partial charge in [-0.05, 0) is 49.2 Å². The number of benzene rings is 2. The van der Waals surface area contributed by atoms with Crippen LogP contribution in [0.5, 0.6) is 0 Å². The zero-order chi connectivity index (χ0) is 22.5. The highest BCUT2D eigenvalue weighted by Gasteiger charge is 2.39. The molecule has 3 aliphatic heterocycles. The number of rotatable bonds is 4. The van der Waals surface area contributed by atoms with Gasteiger partial charge in [0.05, 0.1) is 27.6 Å². The van der Waals surface area contributed by atoms with Crippen molar-refractivity contribution in [3.8, 4) is 0 Å². The summed E-state index contributed by atoms with van der Waals surface area (Å²) in [6.07, 6.45) is 2.88. The van der Waals surface area contributed by atoms with Gasteiger partial charge in [0.15, 0.2) is 0 Å².